The van der Waals surface area contributed by atoms with Crippen molar-refractivity contribution in [2.45, 2.75) is 31.4 Å². The zero-order valence-corrected chi connectivity index (χ0v) is 19.4. The summed E-state index contributed by atoms with van der Waals surface area (Å²) in [4.78, 5) is 33.6. The average molecular weight is 471 g/mol. The maximum absolute atomic E-state index is 14.0. The standard InChI is InChI=1S/C28H26N2O5/c1-19-28(29-25(35-19)20-12-14-23(15-13-20)34-17-7-16-31)18-22-10-5-6-11-24(22)30(27(28)33)26(32)21-8-3-2-4-9-21/h2-6,8-15,19,31H,7,16-18H2,1H3/t19-,28-/m1/s1. The minimum atomic E-state index is -1.25. The number of carbonyl (C=O) groups is 2. The molecule has 178 valence electrons. The fourth-order valence-electron chi connectivity index (χ4n) is 4.51. The van der Waals surface area contributed by atoms with Gasteiger partial charge in [0, 0.05) is 30.6 Å². The molecular weight excluding hydrogens is 444 g/mol. The number of para-hydroxylation sites is 1. The van der Waals surface area contributed by atoms with Gasteiger partial charge in [-0.25, -0.2) is 9.89 Å². The number of aliphatic hydroxyl groups is 1. The van der Waals surface area contributed by atoms with Gasteiger partial charge in [0.25, 0.3) is 11.8 Å². The molecule has 7 nitrogen and oxygen atoms in total. The summed E-state index contributed by atoms with van der Waals surface area (Å²) >= 11 is 0. The fraction of sp³-hybridized carbons (Fsp3) is 0.250. The molecule has 3 aromatic rings. The lowest BCUT2D eigenvalue weighted by Gasteiger charge is -2.38. The molecule has 0 unspecified atom stereocenters. The number of nitrogens with zero attached hydrogens (tertiary/aromatic N) is 2. The van der Waals surface area contributed by atoms with E-state index in [2.05, 4.69) is 0 Å². The summed E-state index contributed by atoms with van der Waals surface area (Å²) in [6.07, 6.45) is 0.331. The second kappa shape index (κ2) is 9.35. The van der Waals surface area contributed by atoms with Gasteiger partial charge < -0.3 is 14.6 Å². The van der Waals surface area contributed by atoms with Crippen LogP contribution < -0.4 is 9.64 Å². The molecule has 3 aromatic carbocycles. The summed E-state index contributed by atoms with van der Waals surface area (Å²) < 4.78 is 11.7. The average Bonchev–Trinajstić information content (AvgIpc) is 3.22. The van der Waals surface area contributed by atoms with Crippen molar-refractivity contribution in [2.75, 3.05) is 18.1 Å². The maximum Gasteiger partial charge on any atom is 0.266 e. The molecule has 2 heterocycles. The molecule has 2 amide bonds. The van der Waals surface area contributed by atoms with E-state index in [1.54, 1.807) is 42.5 Å². The van der Waals surface area contributed by atoms with E-state index < -0.39 is 17.6 Å². The van der Waals surface area contributed by atoms with E-state index in [4.69, 9.17) is 19.6 Å². The van der Waals surface area contributed by atoms with E-state index in [-0.39, 0.29) is 12.5 Å². The minimum absolute atomic E-state index is 0.0731. The molecule has 7 heteroatoms. The monoisotopic (exact) mass is 470 g/mol. The molecule has 0 fully saturated rings. The van der Waals surface area contributed by atoms with Gasteiger partial charge in [0.15, 0.2) is 5.54 Å². The van der Waals surface area contributed by atoms with E-state index >= 15 is 0 Å². The molecule has 0 bridgehead atoms. The summed E-state index contributed by atoms with van der Waals surface area (Å²) in [7, 11) is 0. The third kappa shape index (κ3) is 4.08. The van der Waals surface area contributed by atoms with Crippen LogP contribution in [-0.2, 0) is 16.0 Å². The van der Waals surface area contributed by atoms with Crippen LogP contribution in [0.4, 0.5) is 5.69 Å². The predicted octanol–water partition coefficient (Wildman–Crippen LogP) is 3.78. The molecule has 0 aliphatic carbocycles. The molecule has 0 aromatic heterocycles. The molecule has 2 aliphatic heterocycles. The van der Waals surface area contributed by atoms with Crippen LogP contribution in [0.5, 0.6) is 5.75 Å². The van der Waals surface area contributed by atoms with Crippen LogP contribution in [0, 0.1) is 0 Å². The second-order valence-electron chi connectivity index (χ2n) is 8.67. The molecule has 1 spiro atoms. The van der Waals surface area contributed by atoms with Crippen LogP contribution >= 0.6 is 0 Å². The van der Waals surface area contributed by atoms with Crippen LogP contribution in [0.3, 0.4) is 0 Å². The van der Waals surface area contributed by atoms with E-state index in [1.807, 2.05) is 43.3 Å². The number of fused-ring (bicyclic) bond motifs is 1. The van der Waals surface area contributed by atoms with Crippen molar-refractivity contribution in [1.82, 2.24) is 0 Å². The lowest BCUT2D eigenvalue weighted by molar-refractivity contribution is -0.125. The highest BCUT2D eigenvalue weighted by molar-refractivity contribution is 6.25. The summed E-state index contributed by atoms with van der Waals surface area (Å²) in [5, 5.41) is 8.91. The van der Waals surface area contributed by atoms with Crippen LogP contribution in [0.15, 0.2) is 83.9 Å². The minimum Gasteiger partial charge on any atom is -0.494 e. The number of hydrogen-bond acceptors (Lipinski definition) is 6. The molecule has 5 rings (SSSR count). The predicted molar refractivity (Wildman–Crippen MR) is 132 cm³/mol. The molecule has 35 heavy (non-hydrogen) atoms. The number of carbonyl (C=O) groups excluding carboxylic acids is 2. The Hall–Kier alpha value is -3.97. The number of anilines is 1. The molecule has 1 N–H and O–H groups in total. The fourth-order valence-corrected chi connectivity index (χ4v) is 4.51. The Kier molecular flexibility index (Phi) is 6.09. The Morgan fingerprint density at radius 1 is 1.09 bits per heavy atom. The Labute approximate surface area is 203 Å². The van der Waals surface area contributed by atoms with Gasteiger partial charge in [-0.3, -0.25) is 9.59 Å². The highest BCUT2D eigenvalue weighted by Gasteiger charge is 2.56. The maximum atomic E-state index is 14.0. The molecule has 0 saturated carbocycles. The van der Waals surface area contributed by atoms with Crippen molar-refractivity contribution in [2.24, 2.45) is 4.99 Å². The SMILES string of the molecule is C[C@H]1OC(c2ccc(OCCCO)cc2)=N[C@]12Cc1ccccc1N(C(=O)c1ccccc1)C2=O. The van der Waals surface area contributed by atoms with Gasteiger partial charge in [-0.1, -0.05) is 36.4 Å². The lowest BCUT2D eigenvalue weighted by Crippen LogP contribution is -2.58. The first-order chi connectivity index (χ1) is 17.0. The number of ether oxygens (including phenoxy) is 2. The highest BCUT2D eigenvalue weighted by Crippen LogP contribution is 2.41. The van der Waals surface area contributed by atoms with Gasteiger partial charge in [0.1, 0.15) is 11.9 Å². The number of aliphatic imine (C=N–C) groups is 1. The van der Waals surface area contributed by atoms with Crippen LogP contribution in [0.1, 0.15) is 34.8 Å². The van der Waals surface area contributed by atoms with Crippen molar-refractivity contribution in [1.29, 1.82) is 0 Å². The number of imide groups is 1. The summed E-state index contributed by atoms with van der Waals surface area (Å²) in [5.41, 5.74) is 1.35. The quantitative estimate of drug-likeness (QED) is 0.438. The van der Waals surface area contributed by atoms with Crippen molar-refractivity contribution in [3.8, 4) is 5.75 Å². The van der Waals surface area contributed by atoms with Gasteiger partial charge in [0.2, 0.25) is 5.90 Å². The number of rotatable bonds is 6. The van der Waals surface area contributed by atoms with Gasteiger partial charge in [-0.05, 0) is 55.0 Å². The van der Waals surface area contributed by atoms with E-state index in [1.165, 1.54) is 4.90 Å². The molecule has 2 atom stereocenters. The zero-order valence-electron chi connectivity index (χ0n) is 19.4. The number of benzene rings is 3. The Bertz CT molecular complexity index is 1270. The topological polar surface area (TPSA) is 88.4 Å². The van der Waals surface area contributed by atoms with Gasteiger partial charge >= 0.3 is 0 Å². The van der Waals surface area contributed by atoms with Crippen molar-refractivity contribution >= 4 is 23.4 Å². The normalized spacial score (nSPS) is 20.9. The first kappa shape index (κ1) is 22.8. The zero-order chi connectivity index (χ0) is 24.4. The van der Waals surface area contributed by atoms with Crippen molar-refractivity contribution < 1.29 is 24.2 Å². The van der Waals surface area contributed by atoms with E-state index in [9.17, 15) is 9.59 Å². The Morgan fingerprint density at radius 3 is 2.54 bits per heavy atom. The first-order valence-corrected chi connectivity index (χ1v) is 11.7. The third-order valence-electron chi connectivity index (χ3n) is 6.42. The second-order valence-corrected chi connectivity index (χ2v) is 8.67. The van der Waals surface area contributed by atoms with Crippen LogP contribution in [-0.4, -0.2) is 47.7 Å². The first-order valence-electron chi connectivity index (χ1n) is 11.7. The third-order valence-corrected chi connectivity index (χ3v) is 6.42. The van der Waals surface area contributed by atoms with Gasteiger partial charge in [0.05, 0.1) is 12.3 Å². The Balaban J connectivity index is 1.50. The Morgan fingerprint density at radius 2 is 1.80 bits per heavy atom. The summed E-state index contributed by atoms with van der Waals surface area (Å²) in [6.45, 7) is 2.32. The van der Waals surface area contributed by atoms with E-state index in [0.717, 1.165) is 11.1 Å². The van der Waals surface area contributed by atoms with Crippen molar-refractivity contribution in [3.63, 3.8) is 0 Å². The molecule has 0 radical (unpaired) electrons. The lowest BCUT2D eigenvalue weighted by atomic mass is 9.81. The number of aliphatic hydroxyl groups excluding tert-OH is 1. The largest absolute Gasteiger partial charge is 0.494 e. The van der Waals surface area contributed by atoms with Crippen LogP contribution in [0.25, 0.3) is 0 Å². The molecule has 2 aliphatic rings. The van der Waals surface area contributed by atoms with E-state index in [0.29, 0.717) is 42.3 Å². The van der Waals surface area contributed by atoms with Crippen molar-refractivity contribution in [3.05, 3.63) is 95.6 Å². The summed E-state index contributed by atoms with van der Waals surface area (Å²) in [6, 6.07) is 23.5. The number of hydrogen-bond donors (Lipinski definition) is 1. The van der Waals surface area contributed by atoms with Crippen LogP contribution in [0.2, 0.25) is 0 Å². The van der Waals surface area contributed by atoms with Gasteiger partial charge in [-0.15, -0.1) is 0 Å². The molecule has 0 saturated heterocycles. The molecular formula is C28H26N2O5. The highest BCUT2D eigenvalue weighted by atomic mass is 16.5. The summed E-state index contributed by atoms with van der Waals surface area (Å²) in [5.74, 6) is 0.254. The van der Waals surface area contributed by atoms with Gasteiger partial charge in [-0.2, -0.15) is 0 Å². The smallest absolute Gasteiger partial charge is 0.266 e. The number of amides is 2.